The number of hydrogen-bond donors (Lipinski definition) is 2. The van der Waals surface area contributed by atoms with Gasteiger partial charge in [0.25, 0.3) is 5.91 Å². The molecule has 1 aromatic carbocycles. The van der Waals surface area contributed by atoms with E-state index in [1.165, 1.54) is 0 Å². The molecule has 1 fully saturated rings. The first-order valence-electron chi connectivity index (χ1n) is 8.89. The highest BCUT2D eigenvalue weighted by Gasteiger charge is 2.25. The third-order valence-corrected chi connectivity index (χ3v) is 4.82. The number of H-pyrrole nitrogens is 1. The number of aromatic amines is 1. The quantitative estimate of drug-likeness (QED) is 0.754. The maximum absolute atomic E-state index is 12.2. The van der Waals surface area contributed by atoms with Crippen LogP contribution < -0.4 is 10.1 Å². The SMILES string of the molecule is Cc1n[nH]nc1C(=O)NC1CCC(Oc2ccc3ncccc3c2)CC1. The Bertz CT molecular complexity index is 915. The van der Waals surface area contributed by atoms with Crippen molar-refractivity contribution < 1.29 is 9.53 Å². The van der Waals surface area contributed by atoms with Gasteiger partial charge in [-0.15, -0.1) is 0 Å². The first kappa shape index (κ1) is 16.5. The molecule has 0 saturated heterocycles. The van der Waals surface area contributed by atoms with Crippen molar-refractivity contribution in [2.45, 2.75) is 44.8 Å². The molecule has 1 aliphatic rings. The predicted octanol–water partition coefficient (Wildman–Crippen LogP) is 2.78. The second-order valence-electron chi connectivity index (χ2n) is 6.68. The smallest absolute Gasteiger partial charge is 0.273 e. The zero-order valence-corrected chi connectivity index (χ0v) is 14.6. The summed E-state index contributed by atoms with van der Waals surface area (Å²) in [6.45, 7) is 1.77. The van der Waals surface area contributed by atoms with Crippen LogP contribution in [0.2, 0.25) is 0 Å². The summed E-state index contributed by atoms with van der Waals surface area (Å²) >= 11 is 0. The molecule has 0 spiro atoms. The number of nitrogens with one attached hydrogen (secondary N) is 2. The second-order valence-corrected chi connectivity index (χ2v) is 6.68. The van der Waals surface area contributed by atoms with Crippen LogP contribution in [-0.2, 0) is 0 Å². The molecule has 2 aromatic heterocycles. The molecule has 1 aliphatic carbocycles. The number of nitrogens with zero attached hydrogens (tertiary/aromatic N) is 3. The molecule has 4 rings (SSSR count). The summed E-state index contributed by atoms with van der Waals surface area (Å²) in [6.07, 6.45) is 5.57. The molecule has 0 aliphatic heterocycles. The number of amides is 1. The molecular formula is C19H21N5O2. The monoisotopic (exact) mass is 351 g/mol. The van der Waals surface area contributed by atoms with Gasteiger partial charge in [0, 0.05) is 17.6 Å². The van der Waals surface area contributed by atoms with Crippen molar-refractivity contribution in [2.24, 2.45) is 0 Å². The number of pyridine rings is 1. The standard InChI is InChI=1S/C19H21N5O2/c1-12-18(23-24-22-12)19(25)21-14-4-6-15(7-5-14)26-16-8-9-17-13(11-16)3-2-10-20-17/h2-3,8-11,14-15H,4-7H2,1H3,(H,21,25)(H,22,23,24). The number of benzene rings is 1. The molecular weight excluding hydrogens is 330 g/mol. The lowest BCUT2D eigenvalue weighted by Crippen LogP contribution is -2.40. The van der Waals surface area contributed by atoms with Crippen LogP contribution >= 0.6 is 0 Å². The lowest BCUT2D eigenvalue weighted by atomic mass is 9.92. The number of fused-ring (bicyclic) bond motifs is 1. The van der Waals surface area contributed by atoms with Crippen LogP contribution in [0.1, 0.15) is 41.9 Å². The lowest BCUT2D eigenvalue weighted by molar-refractivity contribution is 0.0888. The van der Waals surface area contributed by atoms with Crippen LogP contribution in [0.4, 0.5) is 0 Å². The zero-order chi connectivity index (χ0) is 17.9. The third kappa shape index (κ3) is 3.51. The summed E-state index contributed by atoms with van der Waals surface area (Å²) < 4.78 is 6.14. The van der Waals surface area contributed by atoms with Crippen LogP contribution in [-0.4, -0.2) is 38.4 Å². The van der Waals surface area contributed by atoms with E-state index in [0.29, 0.717) is 11.4 Å². The van der Waals surface area contributed by atoms with E-state index in [2.05, 4.69) is 25.7 Å². The van der Waals surface area contributed by atoms with E-state index < -0.39 is 0 Å². The van der Waals surface area contributed by atoms with Gasteiger partial charge in [0.1, 0.15) is 5.75 Å². The lowest BCUT2D eigenvalue weighted by Gasteiger charge is -2.29. The maximum atomic E-state index is 12.2. The highest BCUT2D eigenvalue weighted by molar-refractivity contribution is 5.93. The molecule has 0 unspecified atom stereocenters. The fraction of sp³-hybridized carbons (Fsp3) is 0.368. The van der Waals surface area contributed by atoms with Gasteiger partial charge in [0.15, 0.2) is 5.69 Å². The number of ether oxygens (including phenoxy) is 1. The molecule has 2 heterocycles. The van der Waals surface area contributed by atoms with Crippen LogP contribution in [0.25, 0.3) is 10.9 Å². The number of rotatable bonds is 4. The van der Waals surface area contributed by atoms with Gasteiger partial charge in [-0.3, -0.25) is 9.78 Å². The fourth-order valence-corrected chi connectivity index (χ4v) is 3.40. The largest absolute Gasteiger partial charge is 0.490 e. The van der Waals surface area contributed by atoms with Crippen molar-refractivity contribution in [3.05, 3.63) is 47.9 Å². The number of carbonyl (C=O) groups excluding carboxylic acids is 1. The van der Waals surface area contributed by atoms with Gasteiger partial charge in [-0.2, -0.15) is 15.4 Å². The number of hydrogen-bond acceptors (Lipinski definition) is 5. The van der Waals surface area contributed by atoms with Crippen molar-refractivity contribution in [1.82, 2.24) is 25.7 Å². The van der Waals surface area contributed by atoms with Crippen LogP contribution in [0.3, 0.4) is 0 Å². The average Bonchev–Trinajstić information content (AvgIpc) is 3.09. The molecule has 7 nitrogen and oxygen atoms in total. The summed E-state index contributed by atoms with van der Waals surface area (Å²) in [4.78, 5) is 16.5. The minimum Gasteiger partial charge on any atom is -0.490 e. The number of aromatic nitrogens is 4. The highest BCUT2D eigenvalue weighted by Crippen LogP contribution is 2.26. The summed E-state index contributed by atoms with van der Waals surface area (Å²) in [5.74, 6) is 0.707. The Kier molecular flexibility index (Phi) is 4.51. The Hall–Kier alpha value is -2.96. The predicted molar refractivity (Wildman–Crippen MR) is 97.0 cm³/mol. The van der Waals surface area contributed by atoms with Crippen molar-refractivity contribution >= 4 is 16.8 Å². The van der Waals surface area contributed by atoms with Crippen LogP contribution in [0.5, 0.6) is 5.75 Å². The van der Waals surface area contributed by atoms with Crippen molar-refractivity contribution in [3.8, 4) is 5.75 Å². The Labute approximate surface area is 151 Å². The maximum Gasteiger partial charge on any atom is 0.273 e. The molecule has 7 heteroatoms. The zero-order valence-electron chi connectivity index (χ0n) is 14.6. The molecule has 1 amide bonds. The van der Waals surface area contributed by atoms with Crippen molar-refractivity contribution in [1.29, 1.82) is 0 Å². The van der Waals surface area contributed by atoms with Gasteiger partial charge in [-0.05, 0) is 56.9 Å². The molecule has 0 bridgehead atoms. The van der Waals surface area contributed by atoms with E-state index in [1.807, 2.05) is 30.3 Å². The molecule has 0 radical (unpaired) electrons. The van der Waals surface area contributed by atoms with Gasteiger partial charge < -0.3 is 10.1 Å². The van der Waals surface area contributed by atoms with E-state index in [0.717, 1.165) is 42.3 Å². The Morgan fingerprint density at radius 3 is 2.81 bits per heavy atom. The first-order valence-corrected chi connectivity index (χ1v) is 8.89. The number of aryl methyl sites for hydroxylation is 1. The second kappa shape index (κ2) is 7.11. The van der Waals surface area contributed by atoms with Crippen LogP contribution in [0.15, 0.2) is 36.5 Å². The molecule has 0 atom stereocenters. The first-order chi connectivity index (χ1) is 12.7. The third-order valence-electron chi connectivity index (χ3n) is 4.82. The van der Waals surface area contributed by atoms with Gasteiger partial charge >= 0.3 is 0 Å². The Morgan fingerprint density at radius 2 is 2.04 bits per heavy atom. The minimum atomic E-state index is -0.164. The average molecular weight is 351 g/mol. The number of carbonyl (C=O) groups is 1. The molecule has 26 heavy (non-hydrogen) atoms. The van der Waals surface area contributed by atoms with Crippen LogP contribution in [0, 0.1) is 6.92 Å². The summed E-state index contributed by atoms with van der Waals surface area (Å²) in [5, 5.41) is 14.4. The fourth-order valence-electron chi connectivity index (χ4n) is 3.40. The van der Waals surface area contributed by atoms with E-state index in [4.69, 9.17) is 4.74 Å². The van der Waals surface area contributed by atoms with E-state index in [-0.39, 0.29) is 18.1 Å². The molecule has 1 saturated carbocycles. The summed E-state index contributed by atoms with van der Waals surface area (Å²) in [5.41, 5.74) is 1.95. The normalized spacial score (nSPS) is 20.0. The van der Waals surface area contributed by atoms with Gasteiger partial charge in [0.2, 0.25) is 0 Å². The van der Waals surface area contributed by atoms with E-state index in [1.54, 1.807) is 13.1 Å². The van der Waals surface area contributed by atoms with Gasteiger partial charge in [-0.25, -0.2) is 0 Å². The van der Waals surface area contributed by atoms with Crippen molar-refractivity contribution in [3.63, 3.8) is 0 Å². The minimum absolute atomic E-state index is 0.152. The Morgan fingerprint density at radius 1 is 1.19 bits per heavy atom. The van der Waals surface area contributed by atoms with Gasteiger partial charge in [0.05, 0.1) is 17.3 Å². The molecule has 2 N–H and O–H groups in total. The van der Waals surface area contributed by atoms with Crippen molar-refractivity contribution in [2.75, 3.05) is 0 Å². The molecule has 3 aromatic rings. The Balaban J connectivity index is 1.31. The highest BCUT2D eigenvalue weighted by atomic mass is 16.5. The van der Waals surface area contributed by atoms with E-state index >= 15 is 0 Å². The molecule has 134 valence electrons. The summed E-state index contributed by atoms with van der Waals surface area (Å²) in [7, 11) is 0. The topological polar surface area (TPSA) is 92.8 Å². The van der Waals surface area contributed by atoms with Gasteiger partial charge in [-0.1, -0.05) is 6.07 Å². The van der Waals surface area contributed by atoms with E-state index in [9.17, 15) is 4.79 Å². The summed E-state index contributed by atoms with van der Waals surface area (Å²) in [6, 6.07) is 10.1.